The number of benzene rings is 1. The van der Waals surface area contributed by atoms with E-state index in [1.807, 2.05) is 23.6 Å². The van der Waals surface area contributed by atoms with E-state index in [0.717, 1.165) is 22.1 Å². The molecule has 3 N–H and O–H groups in total. The number of aromatic nitrogens is 2. The van der Waals surface area contributed by atoms with Crippen molar-refractivity contribution < 1.29 is 0 Å². The van der Waals surface area contributed by atoms with Gasteiger partial charge >= 0.3 is 0 Å². The summed E-state index contributed by atoms with van der Waals surface area (Å²) < 4.78 is 0. The van der Waals surface area contributed by atoms with Gasteiger partial charge in [-0.2, -0.15) is 0 Å². The Labute approximate surface area is 125 Å². The second-order valence-electron chi connectivity index (χ2n) is 4.14. The van der Waals surface area contributed by atoms with Crippen LogP contribution in [0, 0.1) is 0 Å². The summed E-state index contributed by atoms with van der Waals surface area (Å²) in [5.74, 6) is 0. The quantitative estimate of drug-likeness (QED) is 0.712. The van der Waals surface area contributed by atoms with Crippen LogP contribution in [0.2, 0.25) is 5.02 Å². The van der Waals surface area contributed by atoms with Crippen molar-refractivity contribution in [1.82, 2.24) is 9.97 Å². The van der Waals surface area contributed by atoms with Gasteiger partial charge in [-0.05, 0) is 30.3 Å². The molecular weight excluding hydrogens is 292 g/mol. The van der Waals surface area contributed by atoms with Gasteiger partial charge in [-0.1, -0.05) is 11.6 Å². The second-order valence-corrected chi connectivity index (χ2v) is 5.41. The minimum Gasteiger partial charge on any atom is -0.397 e. The third kappa shape index (κ3) is 2.74. The second kappa shape index (κ2) is 5.48. The van der Waals surface area contributed by atoms with E-state index < -0.39 is 0 Å². The molecule has 1 aromatic carbocycles. The van der Waals surface area contributed by atoms with E-state index in [2.05, 4.69) is 15.3 Å². The predicted molar refractivity (Wildman–Crippen MR) is 84.5 cm³/mol. The van der Waals surface area contributed by atoms with Gasteiger partial charge in [0.25, 0.3) is 0 Å². The number of nitrogen functional groups attached to an aromatic ring is 1. The molecule has 0 aliphatic heterocycles. The molecule has 0 fully saturated rings. The summed E-state index contributed by atoms with van der Waals surface area (Å²) in [7, 11) is 0. The SMILES string of the molecule is Nc1cc(Nc2nc(-c3cccnc3)cs2)ccc1Cl. The van der Waals surface area contributed by atoms with Crippen LogP contribution in [0.4, 0.5) is 16.5 Å². The summed E-state index contributed by atoms with van der Waals surface area (Å²) in [5, 5.41) is 6.54. The van der Waals surface area contributed by atoms with E-state index in [9.17, 15) is 0 Å². The Bertz CT molecular complexity index is 727. The first-order chi connectivity index (χ1) is 9.72. The number of hydrogen-bond donors (Lipinski definition) is 2. The Morgan fingerprint density at radius 2 is 2.15 bits per heavy atom. The Morgan fingerprint density at radius 1 is 1.25 bits per heavy atom. The highest BCUT2D eigenvalue weighted by molar-refractivity contribution is 7.14. The molecule has 0 atom stereocenters. The normalized spacial score (nSPS) is 10.4. The molecule has 3 aromatic rings. The van der Waals surface area contributed by atoms with E-state index in [0.29, 0.717) is 10.7 Å². The molecule has 3 rings (SSSR count). The number of nitrogens with one attached hydrogen (secondary N) is 1. The van der Waals surface area contributed by atoms with E-state index in [1.165, 1.54) is 11.3 Å². The molecule has 2 heterocycles. The average Bonchev–Trinajstić information content (AvgIpc) is 2.92. The Hall–Kier alpha value is -2.11. The zero-order valence-corrected chi connectivity index (χ0v) is 11.9. The summed E-state index contributed by atoms with van der Waals surface area (Å²) in [5.41, 5.74) is 9.06. The molecule has 0 saturated carbocycles. The first kappa shape index (κ1) is 12.9. The largest absolute Gasteiger partial charge is 0.397 e. The molecule has 0 unspecified atom stereocenters. The first-order valence-electron chi connectivity index (χ1n) is 5.90. The fourth-order valence-electron chi connectivity index (χ4n) is 1.72. The Kier molecular flexibility index (Phi) is 3.54. The summed E-state index contributed by atoms with van der Waals surface area (Å²) >= 11 is 7.42. The van der Waals surface area contributed by atoms with Crippen LogP contribution in [0.25, 0.3) is 11.3 Å². The van der Waals surface area contributed by atoms with Crippen molar-refractivity contribution >= 4 is 39.4 Å². The number of nitrogens with two attached hydrogens (primary N) is 1. The van der Waals surface area contributed by atoms with Gasteiger partial charge in [0.2, 0.25) is 0 Å². The van der Waals surface area contributed by atoms with Crippen LogP contribution in [-0.2, 0) is 0 Å². The predicted octanol–water partition coefficient (Wildman–Crippen LogP) is 4.18. The molecule has 0 bridgehead atoms. The lowest BCUT2D eigenvalue weighted by atomic mass is 10.2. The number of hydrogen-bond acceptors (Lipinski definition) is 5. The molecule has 20 heavy (non-hydrogen) atoms. The van der Waals surface area contributed by atoms with Gasteiger partial charge in [0.1, 0.15) is 0 Å². The van der Waals surface area contributed by atoms with Crippen molar-refractivity contribution in [3.05, 3.63) is 53.1 Å². The summed E-state index contributed by atoms with van der Waals surface area (Å²) in [6.07, 6.45) is 3.53. The van der Waals surface area contributed by atoms with E-state index in [4.69, 9.17) is 17.3 Å². The van der Waals surface area contributed by atoms with Gasteiger partial charge < -0.3 is 11.1 Å². The zero-order valence-electron chi connectivity index (χ0n) is 10.4. The highest BCUT2D eigenvalue weighted by Gasteiger charge is 2.05. The van der Waals surface area contributed by atoms with Crippen molar-refractivity contribution in [1.29, 1.82) is 0 Å². The minimum atomic E-state index is 0.542. The van der Waals surface area contributed by atoms with Crippen molar-refractivity contribution in [2.75, 3.05) is 11.1 Å². The van der Waals surface area contributed by atoms with Crippen LogP contribution >= 0.6 is 22.9 Å². The summed E-state index contributed by atoms with van der Waals surface area (Å²) in [6.45, 7) is 0. The lowest BCUT2D eigenvalue weighted by Crippen LogP contribution is -1.92. The maximum absolute atomic E-state index is 5.90. The van der Waals surface area contributed by atoms with Crippen LogP contribution in [0.15, 0.2) is 48.1 Å². The van der Waals surface area contributed by atoms with Gasteiger partial charge in [-0.15, -0.1) is 11.3 Å². The Morgan fingerprint density at radius 3 is 2.90 bits per heavy atom. The third-order valence-corrected chi connectivity index (χ3v) is 3.81. The molecule has 0 spiro atoms. The average molecular weight is 303 g/mol. The smallest absolute Gasteiger partial charge is 0.187 e. The number of thiazole rings is 1. The minimum absolute atomic E-state index is 0.542. The van der Waals surface area contributed by atoms with E-state index >= 15 is 0 Å². The van der Waals surface area contributed by atoms with Crippen molar-refractivity contribution in [2.24, 2.45) is 0 Å². The molecule has 2 aromatic heterocycles. The highest BCUT2D eigenvalue weighted by Crippen LogP contribution is 2.28. The number of pyridine rings is 1. The van der Waals surface area contributed by atoms with Crippen molar-refractivity contribution in [3.8, 4) is 11.3 Å². The molecule has 6 heteroatoms. The van der Waals surface area contributed by atoms with Crippen LogP contribution in [0.1, 0.15) is 0 Å². The maximum Gasteiger partial charge on any atom is 0.187 e. The monoisotopic (exact) mass is 302 g/mol. The summed E-state index contributed by atoms with van der Waals surface area (Å²) in [4.78, 5) is 8.61. The lowest BCUT2D eigenvalue weighted by molar-refractivity contribution is 1.30. The topological polar surface area (TPSA) is 63.8 Å². The molecule has 0 amide bonds. The third-order valence-electron chi connectivity index (χ3n) is 2.71. The lowest BCUT2D eigenvalue weighted by Gasteiger charge is -2.04. The fraction of sp³-hybridized carbons (Fsp3) is 0. The summed E-state index contributed by atoms with van der Waals surface area (Å²) in [6, 6.07) is 9.28. The van der Waals surface area contributed by atoms with Crippen LogP contribution in [-0.4, -0.2) is 9.97 Å². The van der Waals surface area contributed by atoms with Gasteiger partial charge in [-0.25, -0.2) is 4.98 Å². The van der Waals surface area contributed by atoms with Crippen molar-refractivity contribution in [3.63, 3.8) is 0 Å². The molecule has 100 valence electrons. The van der Waals surface area contributed by atoms with E-state index in [-0.39, 0.29) is 0 Å². The Balaban J connectivity index is 1.82. The van der Waals surface area contributed by atoms with Crippen LogP contribution < -0.4 is 11.1 Å². The van der Waals surface area contributed by atoms with Gasteiger partial charge in [-0.3, -0.25) is 4.98 Å². The zero-order chi connectivity index (χ0) is 13.9. The molecule has 4 nitrogen and oxygen atoms in total. The molecule has 0 saturated heterocycles. The molecule has 0 aliphatic carbocycles. The van der Waals surface area contributed by atoms with Gasteiger partial charge in [0.15, 0.2) is 5.13 Å². The van der Waals surface area contributed by atoms with Gasteiger partial charge in [0.05, 0.1) is 16.4 Å². The standard InChI is InChI=1S/C14H11ClN4S/c15-11-4-3-10(6-12(11)16)18-14-19-13(8-20-14)9-2-1-5-17-7-9/h1-8H,16H2,(H,18,19). The highest BCUT2D eigenvalue weighted by atomic mass is 35.5. The number of nitrogens with zero attached hydrogens (tertiary/aromatic N) is 2. The van der Waals surface area contributed by atoms with E-state index in [1.54, 1.807) is 24.5 Å². The molecule has 0 aliphatic rings. The van der Waals surface area contributed by atoms with Crippen LogP contribution in [0.3, 0.4) is 0 Å². The fourth-order valence-corrected chi connectivity index (χ4v) is 2.58. The number of anilines is 3. The molecular formula is C14H11ClN4S. The van der Waals surface area contributed by atoms with Gasteiger partial charge in [0, 0.05) is 29.0 Å². The van der Waals surface area contributed by atoms with Crippen molar-refractivity contribution in [2.45, 2.75) is 0 Å². The number of rotatable bonds is 3. The maximum atomic E-state index is 5.90. The first-order valence-corrected chi connectivity index (χ1v) is 7.16. The van der Waals surface area contributed by atoms with Crippen LogP contribution in [0.5, 0.6) is 0 Å². The molecule has 0 radical (unpaired) electrons. The number of halogens is 1.